The second-order valence-corrected chi connectivity index (χ2v) is 11.9. The fourth-order valence-electron chi connectivity index (χ4n) is 5.96. The summed E-state index contributed by atoms with van der Waals surface area (Å²) in [6.45, 7) is 8.43. The van der Waals surface area contributed by atoms with Gasteiger partial charge in [-0.15, -0.1) is 0 Å². The minimum Gasteiger partial charge on any atom is -0.493 e. The molecule has 1 heterocycles. The maximum Gasteiger partial charge on any atom is 0.160 e. The van der Waals surface area contributed by atoms with Crippen molar-refractivity contribution in [3.05, 3.63) is 53.6 Å². The molecule has 8 nitrogen and oxygen atoms in total. The summed E-state index contributed by atoms with van der Waals surface area (Å²) in [4.78, 5) is 2.61. The molecule has 1 saturated heterocycles. The summed E-state index contributed by atoms with van der Waals surface area (Å²) in [6.07, 6.45) is 7.71. The van der Waals surface area contributed by atoms with Crippen LogP contribution in [0.25, 0.3) is 0 Å². The molecule has 0 spiro atoms. The fourth-order valence-corrected chi connectivity index (χ4v) is 5.96. The minimum absolute atomic E-state index is 0.280. The van der Waals surface area contributed by atoms with Crippen molar-refractivity contribution in [3.8, 4) is 17.2 Å². The topological polar surface area (TPSA) is 81.7 Å². The molecule has 0 bridgehead atoms. The number of aliphatic hydroxyl groups excluding tert-OH is 1. The lowest BCUT2D eigenvalue weighted by atomic mass is 9.91. The Morgan fingerprint density at radius 2 is 1.60 bits per heavy atom. The number of hydrogen-bond acceptors (Lipinski definition) is 8. The second-order valence-electron chi connectivity index (χ2n) is 11.9. The highest BCUT2D eigenvalue weighted by Gasteiger charge is 2.35. The number of benzene rings is 2. The van der Waals surface area contributed by atoms with E-state index in [2.05, 4.69) is 42.3 Å². The number of nitrogens with zero attached hydrogens (tertiary/aromatic N) is 1. The van der Waals surface area contributed by atoms with Gasteiger partial charge in [0, 0.05) is 31.7 Å². The van der Waals surface area contributed by atoms with Crippen LogP contribution in [-0.2, 0) is 22.3 Å². The van der Waals surface area contributed by atoms with Crippen LogP contribution in [-0.4, -0.2) is 94.1 Å². The molecule has 2 N–H and O–H groups in total. The summed E-state index contributed by atoms with van der Waals surface area (Å²) >= 11 is 0. The van der Waals surface area contributed by atoms with Crippen molar-refractivity contribution in [2.75, 3.05) is 53.7 Å². The van der Waals surface area contributed by atoms with Gasteiger partial charge < -0.3 is 34.1 Å². The van der Waals surface area contributed by atoms with Gasteiger partial charge in [-0.3, -0.25) is 4.90 Å². The molecule has 234 valence electrons. The van der Waals surface area contributed by atoms with Crippen LogP contribution < -0.4 is 19.5 Å². The van der Waals surface area contributed by atoms with Gasteiger partial charge in [0.2, 0.25) is 0 Å². The third-order valence-corrected chi connectivity index (χ3v) is 8.36. The molecule has 8 heteroatoms. The number of methoxy groups -OCH3 is 2. The summed E-state index contributed by atoms with van der Waals surface area (Å²) in [5.41, 5.74) is 2.43. The van der Waals surface area contributed by atoms with E-state index in [0.717, 1.165) is 56.0 Å². The number of nitrogens with one attached hydrogen (secondary N) is 1. The molecule has 2 fully saturated rings. The summed E-state index contributed by atoms with van der Waals surface area (Å²) in [6, 6.07) is 15.1. The maximum atomic E-state index is 10.0. The summed E-state index contributed by atoms with van der Waals surface area (Å²) in [7, 11) is 3.34. The fraction of sp³-hybridized carbons (Fsp3) is 0.647. The van der Waals surface area contributed by atoms with Crippen LogP contribution >= 0.6 is 0 Å². The largest absolute Gasteiger partial charge is 0.493 e. The van der Waals surface area contributed by atoms with Crippen LogP contribution in [0.2, 0.25) is 0 Å². The van der Waals surface area contributed by atoms with Crippen LogP contribution in [0.5, 0.6) is 17.2 Å². The van der Waals surface area contributed by atoms with Crippen molar-refractivity contribution in [1.82, 2.24) is 10.2 Å². The molecule has 0 aromatic heterocycles. The second kappa shape index (κ2) is 17.1. The summed E-state index contributed by atoms with van der Waals surface area (Å²) < 4.78 is 29.4. The summed E-state index contributed by atoms with van der Waals surface area (Å²) in [5.74, 6) is 2.30. The number of aliphatic hydroxyl groups is 1. The van der Waals surface area contributed by atoms with Gasteiger partial charge in [-0.2, -0.15) is 0 Å². The molecule has 2 aromatic carbocycles. The highest BCUT2D eigenvalue weighted by Crippen LogP contribution is 2.30. The molecule has 4 atom stereocenters. The van der Waals surface area contributed by atoms with Crippen LogP contribution in [0.1, 0.15) is 57.1 Å². The average molecular weight is 585 g/mol. The van der Waals surface area contributed by atoms with E-state index in [4.69, 9.17) is 23.7 Å². The molecule has 1 aliphatic carbocycles. The monoisotopic (exact) mass is 584 g/mol. The highest BCUT2D eigenvalue weighted by atomic mass is 16.5. The molecule has 2 aromatic rings. The minimum atomic E-state index is -0.522. The van der Waals surface area contributed by atoms with E-state index in [1.807, 2.05) is 24.3 Å². The molecule has 1 aliphatic heterocycles. The van der Waals surface area contributed by atoms with Crippen LogP contribution in [0.15, 0.2) is 42.5 Å². The van der Waals surface area contributed by atoms with Crippen LogP contribution in [0, 0.1) is 0 Å². The lowest BCUT2D eigenvalue weighted by Gasteiger charge is -2.38. The molecule has 1 saturated carbocycles. The quantitative estimate of drug-likeness (QED) is 0.278. The van der Waals surface area contributed by atoms with Gasteiger partial charge in [-0.25, -0.2) is 0 Å². The maximum absolute atomic E-state index is 10.0. The predicted octanol–water partition coefficient (Wildman–Crippen LogP) is 4.65. The Hall–Kier alpha value is -2.36. The lowest BCUT2D eigenvalue weighted by molar-refractivity contribution is -0.0343. The SMILES string of the molecule is COc1ccc(CCO[C@H]2CCCC[C@H]2N2CCC(OCCc3ccc(OCC(O)CNC(C)C)cc3)C2)cc1OC. The number of rotatable bonds is 17. The molecule has 42 heavy (non-hydrogen) atoms. The number of ether oxygens (including phenoxy) is 5. The summed E-state index contributed by atoms with van der Waals surface area (Å²) in [5, 5.41) is 13.3. The molecular weight excluding hydrogens is 532 g/mol. The Morgan fingerprint density at radius 3 is 2.36 bits per heavy atom. The zero-order valence-corrected chi connectivity index (χ0v) is 26.1. The zero-order valence-electron chi connectivity index (χ0n) is 26.1. The van der Waals surface area contributed by atoms with Crippen molar-refractivity contribution in [2.24, 2.45) is 0 Å². The lowest BCUT2D eigenvalue weighted by Crippen LogP contribution is -2.46. The first-order valence-electron chi connectivity index (χ1n) is 15.8. The van der Waals surface area contributed by atoms with Crippen LogP contribution in [0.3, 0.4) is 0 Å². The van der Waals surface area contributed by atoms with Gasteiger partial charge >= 0.3 is 0 Å². The first-order valence-corrected chi connectivity index (χ1v) is 15.8. The van der Waals surface area contributed by atoms with Crippen molar-refractivity contribution < 1.29 is 28.8 Å². The zero-order chi connectivity index (χ0) is 29.7. The first-order chi connectivity index (χ1) is 20.4. The van der Waals surface area contributed by atoms with Crippen molar-refractivity contribution in [3.63, 3.8) is 0 Å². The Labute approximate surface area is 252 Å². The van der Waals surface area contributed by atoms with Gasteiger partial charge in [0.05, 0.1) is 39.6 Å². The van der Waals surface area contributed by atoms with Gasteiger partial charge in [0.25, 0.3) is 0 Å². The number of likely N-dealkylation sites (tertiary alicyclic amines) is 1. The molecular formula is C34H52N2O6. The Balaban J connectivity index is 1.15. The van der Waals surface area contributed by atoms with Gasteiger partial charge in [-0.1, -0.05) is 44.9 Å². The molecule has 0 amide bonds. The highest BCUT2D eigenvalue weighted by molar-refractivity contribution is 5.42. The molecule has 2 unspecified atom stereocenters. The van der Waals surface area contributed by atoms with E-state index in [1.54, 1.807) is 14.2 Å². The van der Waals surface area contributed by atoms with E-state index in [-0.39, 0.29) is 18.8 Å². The van der Waals surface area contributed by atoms with E-state index >= 15 is 0 Å². The van der Waals surface area contributed by atoms with Gasteiger partial charge in [0.15, 0.2) is 11.5 Å². The average Bonchev–Trinajstić information content (AvgIpc) is 3.48. The third kappa shape index (κ3) is 10.1. The molecule has 4 rings (SSSR count). The standard InChI is InChI=1S/C34H52N2O6/c1-25(2)35-22-28(37)24-42-29-12-9-26(10-13-29)16-19-40-30-15-18-36(23-30)31-7-5-6-8-32(31)41-20-17-27-11-14-33(38-3)34(21-27)39-4/h9-14,21,25,28,30-32,35,37H,5-8,15-20,22-24H2,1-4H3/t28?,30?,31-,32+/m1/s1. The molecule has 2 aliphatic rings. The van der Waals surface area contributed by atoms with E-state index in [1.165, 1.54) is 30.4 Å². The van der Waals surface area contributed by atoms with Crippen LogP contribution in [0.4, 0.5) is 0 Å². The third-order valence-electron chi connectivity index (χ3n) is 8.36. The number of hydrogen-bond donors (Lipinski definition) is 2. The predicted molar refractivity (Wildman–Crippen MR) is 166 cm³/mol. The van der Waals surface area contributed by atoms with Gasteiger partial charge in [-0.05, 0) is 67.5 Å². The van der Waals surface area contributed by atoms with Gasteiger partial charge in [0.1, 0.15) is 18.5 Å². The van der Waals surface area contributed by atoms with E-state index < -0.39 is 6.10 Å². The Bertz CT molecular complexity index is 1050. The molecule has 0 radical (unpaired) electrons. The smallest absolute Gasteiger partial charge is 0.160 e. The first kappa shape index (κ1) is 32.6. The van der Waals surface area contributed by atoms with E-state index in [0.29, 0.717) is 31.8 Å². The van der Waals surface area contributed by atoms with E-state index in [9.17, 15) is 5.11 Å². The Kier molecular flexibility index (Phi) is 13.2. The van der Waals surface area contributed by atoms with Crippen molar-refractivity contribution in [1.29, 1.82) is 0 Å². The Morgan fingerprint density at radius 1 is 0.881 bits per heavy atom. The normalized spacial score (nSPS) is 21.9. The van der Waals surface area contributed by atoms with Crippen molar-refractivity contribution in [2.45, 2.75) is 89.2 Å². The van der Waals surface area contributed by atoms with Crippen molar-refractivity contribution >= 4 is 0 Å².